The first-order chi connectivity index (χ1) is 11.1. The summed E-state index contributed by atoms with van der Waals surface area (Å²) in [6.07, 6.45) is 4.42. The fraction of sp³-hybridized carbons (Fsp3) is 0.250. The maximum absolute atomic E-state index is 12.6. The Morgan fingerprint density at radius 2 is 2.26 bits per heavy atom. The second-order valence-electron chi connectivity index (χ2n) is 5.65. The van der Waals surface area contributed by atoms with Crippen LogP contribution in [0.3, 0.4) is 0 Å². The van der Waals surface area contributed by atoms with Crippen molar-refractivity contribution >= 4 is 28.6 Å². The van der Waals surface area contributed by atoms with Crippen LogP contribution in [0.1, 0.15) is 11.3 Å². The number of nitrogens with zero attached hydrogens (tertiary/aromatic N) is 5. The van der Waals surface area contributed by atoms with E-state index in [4.69, 9.17) is 0 Å². The van der Waals surface area contributed by atoms with Gasteiger partial charge in [0.05, 0.1) is 11.4 Å². The van der Waals surface area contributed by atoms with Crippen LogP contribution in [0.25, 0.3) is 11.0 Å². The zero-order valence-corrected chi connectivity index (χ0v) is 12.9. The highest BCUT2D eigenvalue weighted by Gasteiger charge is 2.26. The van der Waals surface area contributed by atoms with Gasteiger partial charge in [0, 0.05) is 31.4 Å². The number of carbonyl (C=O) groups is 1. The molecule has 0 fully saturated rings. The molecule has 7 nitrogen and oxygen atoms in total. The number of anilines is 2. The van der Waals surface area contributed by atoms with Gasteiger partial charge in [0.1, 0.15) is 5.82 Å². The Morgan fingerprint density at radius 1 is 1.39 bits per heavy atom. The number of hydrogen-bond acceptors (Lipinski definition) is 4. The zero-order chi connectivity index (χ0) is 16.0. The Kier molecular flexibility index (Phi) is 3.00. The summed E-state index contributed by atoms with van der Waals surface area (Å²) < 4.78 is 1.71. The molecule has 0 unspecified atom stereocenters. The van der Waals surface area contributed by atoms with Gasteiger partial charge in [0.2, 0.25) is 0 Å². The lowest BCUT2D eigenvalue weighted by atomic mass is 10.2. The monoisotopic (exact) mass is 308 g/mol. The minimum absolute atomic E-state index is 0.185. The molecule has 0 aromatic carbocycles. The maximum Gasteiger partial charge on any atom is 0.327 e. The van der Waals surface area contributed by atoms with E-state index in [1.54, 1.807) is 15.8 Å². The standard InChI is InChI=1S/C16H16N6O/c1-10-13(8-12-9-21(2)20-14(12)18-10)19-16(23)22-7-5-11-4-3-6-17-15(11)22/h3-4,6,8-9H,5,7H2,1-2H3,(H,19,23). The Balaban J connectivity index is 1.63. The molecular formula is C16H16N6O. The molecule has 1 aliphatic rings. The first-order valence-electron chi connectivity index (χ1n) is 7.45. The van der Waals surface area contributed by atoms with Gasteiger partial charge in [0.25, 0.3) is 0 Å². The smallest absolute Gasteiger partial charge is 0.306 e. The zero-order valence-electron chi connectivity index (χ0n) is 12.9. The van der Waals surface area contributed by atoms with Crippen molar-refractivity contribution in [3.05, 3.63) is 41.9 Å². The Morgan fingerprint density at radius 3 is 3.13 bits per heavy atom. The number of carbonyl (C=O) groups excluding carboxylic acids is 1. The van der Waals surface area contributed by atoms with Crippen LogP contribution in [0, 0.1) is 6.92 Å². The van der Waals surface area contributed by atoms with Gasteiger partial charge in [-0.1, -0.05) is 6.07 Å². The molecule has 1 N–H and O–H groups in total. The van der Waals surface area contributed by atoms with E-state index in [1.807, 2.05) is 38.4 Å². The molecule has 0 spiro atoms. The molecular weight excluding hydrogens is 292 g/mol. The van der Waals surface area contributed by atoms with Crippen LogP contribution in [-0.4, -0.2) is 32.3 Å². The van der Waals surface area contributed by atoms with E-state index >= 15 is 0 Å². The largest absolute Gasteiger partial charge is 0.327 e. The van der Waals surface area contributed by atoms with Crippen molar-refractivity contribution in [3.8, 4) is 0 Å². The topological polar surface area (TPSA) is 75.9 Å². The Bertz CT molecular complexity index is 916. The van der Waals surface area contributed by atoms with Crippen LogP contribution in [0.15, 0.2) is 30.6 Å². The van der Waals surface area contributed by atoms with Crippen molar-refractivity contribution in [2.45, 2.75) is 13.3 Å². The molecule has 7 heteroatoms. The van der Waals surface area contributed by atoms with E-state index in [9.17, 15) is 4.79 Å². The minimum Gasteiger partial charge on any atom is -0.306 e. The maximum atomic E-state index is 12.6. The van der Waals surface area contributed by atoms with Gasteiger partial charge in [-0.05, 0) is 31.0 Å². The third-order valence-corrected chi connectivity index (χ3v) is 4.01. The molecule has 0 radical (unpaired) electrons. The normalized spacial score (nSPS) is 13.4. The molecule has 0 bridgehead atoms. The van der Waals surface area contributed by atoms with Gasteiger partial charge in [-0.15, -0.1) is 0 Å². The summed E-state index contributed by atoms with van der Waals surface area (Å²) in [5.74, 6) is 0.734. The van der Waals surface area contributed by atoms with Crippen LogP contribution in [0.5, 0.6) is 0 Å². The van der Waals surface area contributed by atoms with Crippen molar-refractivity contribution in [2.24, 2.45) is 7.05 Å². The van der Waals surface area contributed by atoms with E-state index in [2.05, 4.69) is 20.4 Å². The number of nitrogens with one attached hydrogen (secondary N) is 1. The molecule has 3 aromatic rings. The van der Waals surface area contributed by atoms with E-state index in [-0.39, 0.29) is 6.03 Å². The molecule has 3 aromatic heterocycles. The van der Waals surface area contributed by atoms with Crippen LogP contribution >= 0.6 is 0 Å². The summed E-state index contributed by atoms with van der Waals surface area (Å²) in [5, 5.41) is 8.11. The average Bonchev–Trinajstić information content (AvgIpc) is 3.10. The van der Waals surface area contributed by atoms with Crippen LogP contribution in [0.4, 0.5) is 16.3 Å². The van der Waals surface area contributed by atoms with Crippen molar-refractivity contribution in [1.82, 2.24) is 19.7 Å². The molecule has 0 saturated carbocycles. The molecule has 0 aliphatic carbocycles. The molecule has 23 heavy (non-hydrogen) atoms. The fourth-order valence-corrected chi connectivity index (χ4v) is 2.88. The predicted molar refractivity (Wildman–Crippen MR) is 87.6 cm³/mol. The number of hydrogen-bond donors (Lipinski definition) is 1. The first kappa shape index (κ1) is 13.7. The lowest BCUT2D eigenvalue weighted by Gasteiger charge is -2.17. The summed E-state index contributed by atoms with van der Waals surface area (Å²) >= 11 is 0. The third kappa shape index (κ3) is 2.30. The number of pyridine rings is 2. The SMILES string of the molecule is Cc1nc2nn(C)cc2cc1NC(=O)N1CCc2cccnc21. The number of aryl methyl sites for hydroxylation is 2. The van der Waals surface area contributed by atoms with Gasteiger partial charge >= 0.3 is 6.03 Å². The Labute approximate surface area is 133 Å². The summed E-state index contributed by atoms with van der Waals surface area (Å²) in [6.45, 7) is 2.50. The van der Waals surface area contributed by atoms with Crippen LogP contribution < -0.4 is 10.2 Å². The molecule has 116 valence electrons. The van der Waals surface area contributed by atoms with Crippen LogP contribution in [-0.2, 0) is 13.5 Å². The van der Waals surface area contributed by atoms with Crippen molar-refractivity contribution in [2.75, 3.05) is 16.8 Å². The van der Waals surface area contributed by atoms with Crippen molar-refractivity contribution in [1.29, 1.82) is 0 Å². The van der Waals surface area contributed by atoms with Crippen LogP contribution in [0.2, 0.25) is 0 Å². The second kappa shape index (κ2) is 5.05. The number of urea groups is 1. The molecule has 2 amide bonds. The number of fused-ring (bicyclic) bond motifs is 2. The van der Waals surface area contributed by atoms with Gasteiger partial charge in [-0.3, -0.25) is 9.58 Å². The predicted octanol–water partition coefficient (Wildman–Crippen LogP) is 2.27. The number of amides is 2. The fourth-order valence-electron chi connectivity index (χ4n) is 2.88. The summed E-state index contributed by atoms with van der Waals surface area (Å²) in [5.41, 5.74) is 3.21. The summed E-state index contributed by atoms with van der Waals surface area (Å²) in [4.78, 5) is 23.0. The molecule has 0 atom stereocenters. The third-order valence-electron chi connectivity index (χ3n) is 4.01. The van der Waals surface area contributed by atoms with Crippen molar-refractivity contribution in [3.63, 3.8) is 0 Å². The Hall–Kier alpha value is -2.96. The minimum atomic E-state index is -0.185. The van der Waals surface area contributed by atoms with Gasteiger partial charge in [-0.2, -0.15) is 5.10 Å². The number of aromatic nitrogens is 4. The summed E-state index contributed by atoms with van der Waals surface area (Å²) in [6, 6.07) is 5.61. The van der Waals surface area contributed by atoms with Gasteiger partial charge in [0.15, 0.2) is 5.65 Å². The molecule has 4 rings (SSSR count). The second-order valence-corrected chi connectivity index (χ2v) is 5.65. The van der Waals surface area contributed by atoms with E-state index < -0.39 is 0 Å². The van der Waals surface area contributed by atoms with E-state index in [0.717, 1.165) is 28.9 Å². The van der Waals surface area contributed by atoms with Crippen molar-refractivity contribution < 1.29 is 4.79 Å². The van der Waals surface area contributed by atoms with E-state index in [0.29, 0.717) is 17.9 Å². The summed E-state index contributed by atoms with van der Waals surface area (Å²) in [7, 11) is 1.85. The van der Waals surface area contributed by atoms with E-state index in [1.165, 1.54) is 0 Å². The molecule has 4 heterocycles. The number of rotatable bonds is 1. The molecule has 1 aliphatic heterocycles. The van der Waals surface area contributed by atoms with Gasteiger partial charge < -0.3 is 5.32 Å². The highest BCUT2D eigenvalue weighted by Crippen LogP contribution is 2.26. The lowest BCUT2D eigenvalue weighted by molar-refractivity contribution is 0.257. The quantitative estimate of drug-likeness (QED) is 0.748. The van der Waals surface area contributed by atoms with Gasteiger partial charge in [-0.25, -0.2) is 14.8 Å². The molecule has 0 saturated heterocycles. The lowest BCUT2D eigenvalue weighted by Crippen LogP contribution is -2.34. The average molecular weight is 308 g/mol. The highest BCUT2D eigenvalue weighted by atomic mass is 16.2. The first-order valence-corrected chi connectivity index (χ1v) is 7.45. The highest BCUT2D eigenvalue weighted by molar-refractivity contribution is 6.03.